The van der Waals surface area contributed by atoms with Gasteiger partial charge in [-0.3, -0.25) is 4.90 Å². The molecule has 0 amide bonds. The van der Waals surface area contributed by atoms with Crippen molar-refractivity contribution in [3.8, 4) is 0 Å². The van der Waals surface area contributed by atoms with E-state index in [1.165, 1.54) is 17.5 Å². The lowest BCUT2D eigenvalue weighted by molar-refractivity contribution is -0.169. The minimum Gasteiger partial charge on any atom is -0.480 e. The number of aryl methyl sites for hydroxylation is 1. The molecule has 1 saturated heterocycles. The summed E-state index contributed by atoms with van der Waals surface area (Å²) in [5, 5.41) is 8.68. The predicted molar refractivity (Wildman–Crippen MR) is 82.4 cm³/mol. The van der Waals surface area contributed by atoms with Crippen LogP contribution in [0.2, 0.25) is 0 Å². The average molecular weight is 291 g/mol. The number of likely N-dealkylation sites (tertiary alicyclic amines) is 1. The van der Waals surface area contributed by atoms with Crippen LogP contribution in [0.25, 0.3) is 0 Å². The first-order valence-corrected chi connectivity index (χ1v) is 7.62. The van der Waals surface area contributed by atoms with Crippen molar-refractivity contribution in [2.24, 2.45) is 0 Å². The van der Waals surface area contributed by atoms with Crippen LogP contribution in [0.4, 0.5) is 0 Å². The van der Waals surface area contributed by atoms with Gasteiger partial charge in [0, 0.05) is 19.1 Å². The summed E-state index contributed by atoms with van der Waals surface area (Å²) >= 11 is 0. The van der Waals surface area contributed by atoms with Crippen LogP contribution in [0.1, 0.15) is 44.4 Å². The standard InChI is InChI=1S/C17H25NO3/c1-4-5-14-6-8-15(9-7-14)13(2)18-11-17(3,12-18)21-10-16(19)20/h6-9,13H,4-5,10-12H2,1-3H3,(H,19,20). The van der Waals surface area contributed by atoms with Crippen molar-refractivity contribution in [3.05, 3.63) is 35.4 Å². The van der Waals surface area contributed by atoms with Crippen molar-refractivity contribution in [3.63, 3.8) is 0 Å². The fourth-order valence-electron chi connectivity index (χ4n) is 2.88. The zero-order valence-corrected chi connectivity index (χ0v) is 13.1. The fraction of sp³-hybridized carbons (Fsp3) is 0.588. The van der Waals surface area contributed by atoms with Crippen molar-refractivity contribution in [2.75, 3.05) is 19.7 Å². The lowest BCUT2D eigenvalue weighted by Gasteiger charge is -2.50. The van der Waals surface area contributed by atoms with Gasteiger partial charge in [0.15, 0.2) is 0 Å². The van der Waals surface area contributed by atoms with Gasteiger partial charge in [0.1, 0.15) is 6.61 Å². The number of ether oxygens (including phenoxy) is 1. The Morgan fingerprint density at radius 1 is 1.38 bits per heavy atom. The molecule has 1 aliphatic rings. The van der Waals surface area contributed by atoms with Crippen molar-refractivity contribution in [1.82, 2.24) is 4.90 Å². The molecule has 1 heterocycles. The van der Waals surface area contributed by atoms with Gasteiger partial charge in [0.2, 0.25) is 0 Å². The van der Waals surface area contributed by atoms with E-state index in [-0.39, 0.29) is 12.2 Å². The van der Waals surface area contributed by atoms with E-state index < -0.39 is 5.97 Å². The number of hydrogen-bond donors (Lipinski definition) is 1. The monoisotopic (exact) mass is 291 g/mol. The van der Waals surface area contributed by atoms with Crippen LogP contribution in [0.5, 0.6) is 0 Å². The van der Waals surface area contributed by atoms with Crippen LogP contribution in [-0.4, -0.2) is 41.3 Å². The molecule has 0 spiro atoms. The summed E-state index contributed by atoms with van der Waals surface area (Å²) < 4.78 is 5.45. The second-order valence-electron chi connectivity index (χ2n) is 6.20. The number of carbonyl (C=O) groups is 1. The quantitative estimate of drug-likeness (QED) is 0.839. The zero-order valence-electron chi connectivity index (χ0n) is 13.1. The van der Waals surface area contributed by atoms with Crippen LogP contribution < -0.4 is 0 Å². The number of carboxylic acid groups (broad SMARTS) is 1. The maximum Gasteiger partial charge on any atom is 0.329 e. The van der Waals surface area contributed by atoms with Crippen LogP contribution in [-0.2, 0) is 16.0 Å². The molecule has 2 rings (SSSR count). The third kappa shape index (κ3) is 4.05. The first-order valence-electron chi connectivity index (χ1n) is 7.62. The van der Waals surface area contributed by atoms with Crippen LogP contribution >= 0.6 is 0 Å². The molecule has 1 unspecified atom stereocenters. The molecule has 21 heavy (non-hydrogen) atoms. The summed E-state index contributed by atoms with van der Waals surface area (Å²) in [5.41, 5.74) is 2.36. The van der Waals surface area contributed by atoms with Gasteiger partial charge in [0.05, 0.1) is 5.60 Å². The Bertz CT molecular complexity index is 477. The van der Waals surface area contributed by atoms with Crippen molar-refractivity contribution in [2.45, 2.75) is 45.3 Å². The summed E-state index contributed by atoms with van der Waals surface area (Å²) in [4.78, 5) is 12.9. The maximum atomic E-state index is 10.6. The number of carboxylic acids is 1. The molecule has 1 N–H and O–H groups in total. The van der Waals surface area contributed by atoms with E-state index in [0.29, 0.717) is 6.04 Å². The van der Waals surface area contributed by atoms with Gasteiger partial charge in [0.25, 0.3) is 0 Å². The molecule has 0 saturated carbocycles. The molecule has 1 fully saturated rings. The second-order valence-corrected chi connectivity index (χ2v) is 6.20. The summed E-state index contributed by atoms with van der Waals surface area (Å²) in [6, 6.07) is 9.14. The molecule has 4 nitrogen and oxygen atoms in total. The largest absolute Gasteiger partial charge is 0.480 e. The van der Waals surface area contributed by atoms with E-state index in [4.69, 9.17) is 9.84 Å². The number of nitrogens with zero attached hydrogens (tertiary/aromatic N) is 1. The van der Waals surface area contributed by atoms with E-state index >= 15 is 0 Å². The van der Waals surface area contributed by atoms with E-state index in [9.17, 15) is 4.79 Å². The zero-order chi connectivity index (χ0) is 15.5. The van der Waals surface area contributed by atoms with Gasteiger partial charge in [-0.15, -0.1) is 0 Å². The molecule has 4 heteroatoms. The van der Waals surface area contributed by atoms with Gasteiger partial charge >= 0.3 is 5.97 Å². The molecule has 1 aliphatic heterocycles. The Labute approximate surface area is 126 Å². The third-order valence-electron chi connectivity index (χ3n) is 4.17. The lowest BCUT2D eigenvalue weighted by Crippen LogP contribution is -2.62. The summed E-state index contributed by atoms with van der Waals surface area (Å²) in [6.07, 6.45) is 2.29. The normalized spacial score (nSPS) is 19.0. The highest BCUT2D eigenvalue weighted by Crippen LogP contribution is 2.33. The van der Waals surface area contributed by atoms with E-state index in [2.05, 4.69) is 43.0 Å². The van der Waals surface area contributed by atoms with Crippen LogP contribution in [0.3, 0.4) is 0 Å². The van der Waals surface area contributed by atoms with Crippen LogP contribution in [0, 0.1) is 0 Å². The van der Waals surface area contributed by atoms with Gasteiger partial charge in [-0.25, -0.2) is 4.79 Å². The second kappa shape index (κ2) is 6.58. The van der Waals surface area contributed by atoms with Gasteiger partial charge in [-0.1, -0.05) is 37.6 Å². The molecule has 1 atom stereocenters. The third-order valence-corrected chi connectivity index (χ3v) is 4.17. The number of benzene rings is 1. The Kier molecular flexibility index (Phi) is 5.01. The molecule has 1 aromatic carbocycles. The summed E-state index contributed by atoms with van der Waals surface area (Å²) in [5.74, 6) is -0.908. The smallest absolute Gasteiger partial charge is 0.329 e. The number of aliphatic carboxylic acids is 1. The van der Waals surface area contributed by atoms with E-state index in [1.807, 2.05) is 6.92 Å². The Morgan fingerprint density at radius 3 is 2.52 bits per heavy atom. The van der Waals surface area contributed by atoms with E-state index in [1.54, 1.807) is 0 Å². The highest BCUT2D eigenvalue weighted by atomic mass is 16.5. The number of rotatable bonds is 7. The molecule has 0 bridgehead atoms. The summed E-state index contributed by atoms with van der Waals surface area (Å²) in [7, 11) is 0. The van der Waals surface area contributed by atoms with Crippen molar-refractivity contribution in [1.29, 1.82) is 0 Å². The number of hydrogen-bond acceptors (Lipinski definition) is 3. The Hall–Kier alpha value is -1.39. The highest BCUT2D eigenvalue weighted by Gasteiger charge is 2.42. The molecular weight excluding hydrogens is 266 g/mol. The molecule has 0 radical (unpaired) electrons. The SMILES string of the molecule is CCCc1ccc(C(C)N2CC(C)(OCC(=O)O)C2)cc1. The first kappa shape index (κ1) is 16.0. The lowest BCUT2D eigenvalue weighted by atomic mass is 9.92. The maximum absolute atomic E-state index is 10.6. The highest BCUT2D eigenvalue weighted by molar-refractivity contribution is 5.68. The topological polar surface area (TPSA) is 49.8 Å². The molecular formula is C17H25NO3. The molecule has 0 aliphatic carbocycles. The Balaban J connectivity index is 1.87. The molecule has 0 aromatic heterocycles. The van der Waals surface area contributed by atoms with Crippen molar-refractivity contribution < 1.29 is 14.6 Å². The van der Waals surface area contributed by atoms with E-state index in [0.717, 1.165) is 19.5 Å². The molecule has 1 aromatic rings. The minimum absolute atomic E-state index is 0.218. The fourth-order valence-corrected chi connectivity index (χ4v) is 2.88. The first-order chi connectivity index (χ1) is 9.93. The van der Waals surface area contributed by atoms with Gasteiger partial charge in [-0.05, 0) is 31.4 Å². The van der Waals surface area contributed by atoms with Gasteiger partial charge in [-0.2, -0.15) is 0 Å². The minimum atomic E-state index is -0.908. The Morgan fingerprint density at radius 2 is 2.00 bits per heavy atom. The van der Waals surface area contributed by atoms with Crippen LogP contribution in [0.15, 0.2) is 24.3 Å². The molecule has 116 valence electrons. The summed E-state index contributed by atoms with van der Waals surface area (Å²) in [6.45, 7) is 7.68. The van der Waals surface area contributed by atoms with Gasteiger partial charge < -0.3 is 9.84 Å². The van der Waals surface area contributed by atoms with Crippen molar-refractivity contribution >= 4 is 5.97 Å². The average Bonchev–Trinajstić information content (AvgIpc) is 2.42. The predicted octanol–water partition coefficient (Wildman–Crippen LogP) is 2.88.